The van der Waals surface area contributed by atoms with Crippen LogP contribution in [0.2, 0.25) is 0 Å². The highest BCUT2D eigenvalue weighted by atomic mass is 32.2. The molecular formula is C14H22N2O2S. The largest absolute Gasteiger partial charge is 0.326 e. The quantitative estimate of drug-likeness (QED) is 0.916. The van der Waals surface area contributed by atoms with E-state index in [4.69, 9.17) is 5.73 Å². The lowest BCUT2D eigenvalue weighted by Crippen LogP contribution is -2.29. The van der Waals surface area contributed by atoms with Crippen molar-refractivity contribution in [1.29, 1.82) is 0 Å². The zero-order valence-corrected chi connectivity index (χ0v) is 12.4. The first-order valence-electron chi connectivity index (χ1n) is 6.74. The van der Waals surface area contributed by atoms with E-state index in [9.17, 15) is 8.42 Å². The Bertz CT molecular complexity index is 540. The van der Waals surface area contributed by atoms with Gasteiger partial charge in [0, 0.05) is 19.6 Å². The van der Waals surface area contributed by atoms with Crippen molar-refractivity contribution in [3.63, 3.8) is 0 Å². The van der Waals surface area contributed by atoms with Crippen LogP contribution in [0.25, 0.3) is 0 Å². The molecule has 1 fully saturated rings. The number of hydrogen-bond acceptors (Lipinski definition) is 3. The molecule has 0 aromatic heterocycles. The van der Waals surface area contributed by atoms with Crippen molar-refractivity contribution in [3.8, 4) is 0 Å². The summed E-state index contributed by atoms with van der Waals surface area (Å²) in [5, 5.41) is 0. The zero-order chi connectivity index (χ0) is 14.0. The van der Waals surface area contributed by atoms with Gasteiger partial charge in [0.05, 0.1) is 4.90 Å². The van der Waals surface area contributed by atoms with Gasteiger partial charge in [-0.1, -0.05) is 26.0 Å². The lowest BCUT2D eigenvalue weighted by Gasteiger charge is -2.18. The molecule has 0 amide bonds. The predicted molar refractivity (Wildman–Crippen MR) is 76.0 cm³/mol. The van der Waals surface area contributed by atoms with Crippen LogP contribution < -0.4 is 5.73 Å². The van der Waals surface area contributed by atoms with Crippen molar-refractivity contribution < 1.29 is 8.42 Å². The van der Waals surface area contributed by atoms with Gasteiger partial charge in [0.2, 0.25) is 10.0 Å². The number of benzene rings is 1. The minimum Gasteiger partial charge on any atom is -0.326 e. The summed E-state index contributed by atoms with van der Waals surface area (Å²) in [5.41, 5.74) is 6.42. The molecule has 1 aliphatic heterocycles. The Morgan fingerprint density at radius 1 is 1.42 bits per heavy atom. The third kappa shape index (κ3) is 2.99. The molecule has 1 heterocycles. The molecule has 1 atom stereocenters. The van der Waals surface area contributed by atoms with Crippen LogP contribution >= 0.6 is 0 Å². The molecule has 1 aliphatic rings. The van der Waals surface area contributed by atoms with Crippen molar-refractivity contribution in [2.75, 3.05) is 13.1 Å². The molecule has 5 heteroatoms. The Kier molecular flexibility index (Phi) is 4.28. The highest BCUT2D eigenvalue weighted by Crippen LogP contribution is 2.28. The van der Waals surface area contributed by atoms with Gasteiger partial charge in [-0.25, -0.2) is 8.42 Å². The average molecular weight is 282 g/mol. The Balaban J connectivity index is 2.23. The van der Waals surface area contributed by atoms with E-state index in [1.54, 1.807) is 22.5 Å². The summed E-state index contributed by atoms with van der Waals surface area (Å²) in [6.45, 7) is 5.91. The fourth-order valence-corrected chi connectivity index (χ4v) is 4.08. The highest BCUT2D eigenvalue weighted by Gasteiger charge is 2.33. The van der Waals surface area contributed by atoms with Crippen LogP contribution in [0.15, 0.2) is 29.2 Å². The van der Waals surface area contributed by atoms with Crippen LogP contribution in [-0.2, 0) is 16.6 Å². The van der Waals surface area contributed by atoms with Crippen molar-refractivity contribution >= 4 is 10.0 Å². The van der Waals surface area contributed by atoms with Crippen LogP contribution in [0, 0.1) is 11.8 Å². The molecule has 2 N–H and O–H groups in total. The summed E-state index contributed by atoms with van der Waals surface area (Å²) in [4.78, 5) is 0.361. The molecule has 1 aromatic carbocycles. The summed E-state index contributed by atoms with van der Waals surface area (Å²) < 4.78 is 26.7. The molecule has 2 rings (SSSR count). The number of sulfonamides is 1. The van der Waals surface area contributed by atoms with E-state index in [1.807, 2.05) is 6.07 Å². The summed E-state index contributed by atoms with van der Waals surface area (Å²) in [6, 6.07) is 6.93. The summed E-state index contributed by atoms with van der Waals surface area (Å²) >= 11 is 0. The Hall–Kier alpha value is -0.910. The molecule has 0 radical (unpaired) electrons. The molecule has 1 saturated heterocycles. The fraction of sp³-hybridized carbons (Fsp3) is 0.571. The SMILES string of the molecule is CC(C)C1CCN(S(=O)(=O)c2cccc(CN)c2)C1. The normalized spacial score (nSPS) is 21.2. The second-order valence-electron chi connectivity index (χ2n) is 5.51. The summed E-state index contributed by atoms with van der Waals surface area (Å²) in [7, 11) is -3.36. The standard InChI is InChI=1S/C14H22N2O2S/c1-11(2)13-6-7-16(10-13)19(17,18)14-5-3-4-12(8-14)9-15/h3-5,8,11,13H,6-7,9-10,15H2,1-2H3. The second kappa shape index (κ2) is 5.61. The molecular weight excluding hydrogens is 260 g/mol. The lowest BCUT2D eigenvalue weighted by molar-refractivity contribution is 0.388. The number of nitrogens with zero attached hydrogens (tertiary/aromatic N) is 1. The summed E-state index contributed by atoms with van der Waals surface area (Å²) in [5.74, 6) is 0.989. The van der Waals surface area contributed by atoms with Crippen molar-refractivity contribution in [2.24, 2.45) is 17.6 Å². The zero-order valence-electron chi connectivity index (χ0n) is 11.5. The molecule has 4 nitrogen and oxygen atoms in total. The van der Waals surface area contributed by atoms with Crippen LogP contribution in [0.1, 0.15) is 25.8 Å². The van der Waals surface area contributed by atoms with E-state index >= 15 is 0 Å². The van der Waals surface area contributed by atoms with Gasteiger partial charge in [-0.15, -0.1) is 0 Å². The van der Waals surface area contributed by atoms with E-state index in [-0.39, 0.29) is 0 Å². The monoisotopic (exact) mass is 282 g/mol. The highest BCUT2D eigenvalue weighted by molar-refractivity contribution is 7.89. The Morgan fingerprint density at radius 2 is 2.16 bits per heavy atom. The van der Waals surface area contributed by atoms with E-state index in [0.29, 0.717) is 36.4 Å². The number of rotatable bonds is 4. The molecule has 0 saturated carbocycles. The van der Waals surface area contributed by atoms with Crippen molar-refractivity contribution in [3.05, 3.63) is 29.8 Å². The van der Waals surface area contributed by atoms with Gasteiger partial charge in [-0.2, -0.15) is 4.31 Å². The lowest BCUT2D eigenvalue weighted by atomic mass is 9.96. The van der Waals surface area contributed by atoms with Gasteiger partial charge in [-0.05, 0) is 36.0 Å². The van der Waals surface area contributed by atoms with Gasteiger partial charge >= 0.3 is 0 Å². The van der Waals surface area contributed by atoms with Crippen LogP contribution in [0.5, 0.6) is 0 Å². The van der Waals surface area contributed by atoms with Gasteiger partial charge < -0.3 is 5.73 Å². The maximum Gasteiger partial charge on any atom is 0.243 e. The third-order valence-electron chi connectivity index (χ3n) is 3.90. The first-order chi connectivity index (χ1) is 8.95. The average Bonchev–Trinajstić information content (AvgIpc) is 2.89. The van der Waals surface area contributed by atoms with Crippen molar-refractivity contribution in [1.82, 2.24) is 4.31 Å². The van der Waals surface area contributed by atoms with E-state index in [2.05, 4.69) is 13.8 Å². The van der Waals surface area contributed by atoms with Gasteiger partial charge in [0.15, 0.2) is 0 Å². The number of hydrogen-bond donors (Lipinski definition) is 1. The van der Waals surface area contributed by atoms with E-state index < -0.39 is 10.0 Å². The molecule has 1 unspecified atom stereocenters. The van der Waals surface area contributed by atoms with E-state index in [0.717, 1.165) is 12.0 Å². The maximum atomic E-state index is 12.6. The smallest absolute Gasteiger partial charge is 0.243 e. The minimum atomic E-state index is -3.36. The Morgan fingerprint density at radius 3 is 2.74 bits per heavy atom. The molecule has 1 aromatic rings. The van der Waals surface area contributed by atoms with Crippen LogP contribution in [0.4, 0.5) is 0 Å². The number of nitrogens with two attached hydrogens (primary N) is 1. The summed E-state index contributed by atoms with van der Waals surface area (Å²) in [6.07, 6.45) is 0.952. The van der Waals surface area contributed by atoms with Gasteiger partial charge in [0.1, 0.15) is 0 Å². The minimum absolute atomic E-state index is 0.359. The van der Waals surface area contributed by atoms with Crippen LogP contribution in [0.3, 0.4) is 0 Å². The molecule has 106 valence electrons. The topological polar surface area (TPSA) is 63.4 Å². The van der Waals surface area contributed by atoms with Gasteiger partial charge in [-0.3, -0.25) is 0 Å². The maximum absolute atomic E-state index is 12.6. The Labute approximate surface area is 115 Å². The predicted octanol–water partition coefficient (Wildman–Crippen LogP) is 1.81. The molecule has 0 bridgehead atoms. The van der Waals surface area contributed by atoms with Crippen molar-refractivity contribution in [2.45, 2.75) is 31.7 Å². The fourth-order valence-electron chi connectivity index (χ4n) is 2.50. The first-order valence-corrected chi connectivity index (χ1v) is 8.18. The second-order valence-corrected chi connectivity index (χ2v) is 7.45. The third-order valence-corrected chi connectivity index (χ3v) is 5.76. The first kappa shape index (κ1) is 14.5. The molecule has 19 heavy (non-hydrogen) atoms. The molecule has 0 aliphatic carbocycles. The van der Waals surface area contributed by atoms with Crippen LogP contribution in [-0.4, -0.2) is 25.8 Å². The van der Waals surface area contributed by atoms with E-state index in [1.165, 1.54) is 0 Å². The molecule has 0 spiro atoms. The van der Waals surface area contributed by atoms with Gasteiger partial charge in [0.25, 0.3) is 0 Å².